The zero-order valence-electron chi connectivity index (χ0n) is 11.2. The molecule has 0 bridgehead atoms. The molecule has 1 aliphatic heterocycles. The van der Waals surface area contributed by atoms with Crippen LogP contribution in [0.5, 0.6) is 0 Å². The third-order valence-electron chi connectivity index (χ3n) is 4.51. The van der Waals surface area contributed by atoms with Crippen LogP contribution in [0.25, 0.3) is 0 Å². The molecule has 2 rings (SSSR count). The van der Waals surface area contributed by atoms with Gasteiger partial charge in [-0.05, 0) is 31.6 Å². The van der Waals surface area contributed by atoms with E-state index in [-0.39, 0.29) is 12.3 Å². The Morgan fingerprint density at radius 1 is 1.28 bits per heavy atom. The third-order valence-corrected chi connectivity index (χ3v) is 4.51. The summed E-state index contributed by atoms with van der Waals surface area (Å²) in [5.41, 5.74) is -0.766. The van der Waals surface area contributed by atoms with E-state index in [1.54, 1.807) is 0 Å². The van der Waals surface area contributed by atoms with Gasteiger partial charge in [-0.25, -0.2) is 0 Å². The lowest BCUT2D eigenvalue weighted by Crippen LogP contribution is -2.42. The Kier molecular flexibility index (Phi) is 3.93. The second-order valence-electron chi connectivity index (χ2n) is 6.06. The second kappa shape index (κ2) is 5.29. The molecular weight excluding hydrogens is 230 g/mol. The Bertz CT molecular complexity index is 334. The molecule has 4 heteroatoms. The average Bonchev–Trinajstić information content (AvgIpc) is 2.79. The van der Waals surface area contributed by atoms with Crippen LogP contribution in [0.3, 0.4) is 0 Å². The molecule has 0 aromatic carbocycles. The van der Waals surface area contributed by atoms with E-state index in [2.05, 4.69) is 6.92 Å². The fraction of sp³-hybridized carbons (Fsp3) is 0.857. The number of likely N-dealkylation sites (tertiary alicyclic amines) is 1. The summed E-state index contributed by atoms with van der Waals surface area (Å²) in [6, 6.07) is 0. The van der Waals surface area contributed by atoms with E-state index in [1.165, 1.54) is 6.42 Å². The number of aliphatic carboxylic acids is 1. The van der Waals surface area contributed by atoms with Crippen LogP contribution in [0.1, 0.15) is 51.9 Å². The molecule has 2 aliphatic rings. The highest BCUT2D eigenvalue weighted by molar-refractivity contribution is 5.85. The quantitative estimate of drug-likeness (QED) is 0.839. The number of carbonyl (C=O) groups excluding carboxylic acids is 1. The standard InChI is InChI=1S/C14H23NO3/c1-11-5-4-8-15(10-11)12(16)9-14(13(17)18)6-2-3-7-14/h11H,2-10H2,1H3,(H,17,18). The molecule has 102 valence electrons. The fourth-order valence-electron chi connectivity index (χ4n) is 3.34. The SMILES string of the molecule is CC1CCCN(C(=O)CC2(C(=O)O)CCCC2)C1. The number of carboxylic acid groups (broad SMARTS) is 1. The summed E-state index contributed by atoms with van der Waals surface area (Å²) in [5.74, 6) is -0.184. The zero-order chi connectivity index (χ0) is 13.2. The van der Waals surface area contributed by atoms with Crippen LogP contribution in [0.2, 0.25) is 0 Å². The monoisotopic (exact) mass is 253 g/mol. The smallest absolute Gasteiger partial charge is 0.310 e. The number of carbonyl (C=O) groups is 2. The van der Waals surface area contributed by atoms with E-state index in [4.69, 9.17) is 0 Å². The number of hydrogen-bond donors (Lipinski definition) is 1. The lowest BCUT2D eigenvalue weighted by atomic mass is 9.82. The van der Waals surface area contributed by atoms with Gasteiger partial charge in [0, 0.05) is 19.5 Å². The maximum Gasteiger partial charge on any atom is 0.310 e. The predicted molar refractivity (Wildman–Crippen MR) is 68.1 cm³/mol. The third kappa shape index (κ3) is 2.68. The highest BCUT2D eigenvalue weighted by atomic mass is 16.4. The largest absolute Gasteiger partial charge is 0.481 e. The molecule has 1 aliphatic carbocycles. The minimum Gasteiger partial charge on any atom is -0.481 e. The van der Waals surface area contributed by atoms with Crippen molar-refractivity contribution in [2.75, 3.05) is 13.1 Å². The second-order valence-corrected chi connectivity index (χ2v) is 6.06. The maximum absolute atomic E-state index is 12.3. The lowest BCUT2D eigenvalue weighted by Gasteiger charge is -2.33. The molecule has 0 spiro atoms. The first-order chi connectivity index (χ1) is 8.53. The average molecular weight is 253 g/mol. The van der Waals surface area contributed by atoms with Crippen molar-refractivity contribution in [3.05, 3.63) is 0 Å². The van der Waals surface area contributed by atoms with Crippen LogP contribution in [-0.2, 0) is 9.59 Å². The molecule has 0 aromatic rings. The first-order valence-electron chi connectivity index (χ1n) is 7.05. The molecular formula is C14H23NO3. The first kappa shape index (κ1) is 13.4. The number of amides is 1. The van der Waals surface area contributed by atoms with Crippen LogP contribution in [-0.4, -0.2) is 35.0 Å². The van der Waals surface area contributed by atoms with E-state index in [0.717, 1.165) is 32.4 Å². The fourth-order valence-corrected chi connectivity index (χ4v) is 3.34. The van der Waals surface area contributed by atoms with Crippen LogP contribution < -0.4 is 0 Å². The summed E-state index contributed by atoms with van der Waals surface area (Å²) in [4.78, 5) is 25.6. The minimum absolute atomic E-state index is 0.0471. The molecule has 0 radical (unpaired) electrons. The Labute approximate surface area is 108 Å². The van der Waals surface area contributed by atoms with Crippen LogP contribution in [0, 0.1) is 11.3 Å². The van der Waals surface area contributed by atoms with E-state index in [0.29, 0.717) is 18.8 Å². The van der Waals surface area contributed by atoms with Gasteiger partial charge >= 0.3 is 5.97 Å². The van der Waals surface area contributed by atoms with Crippen molar-refractivity contribution >= 4 is 11.9 Å². The van der Waals surface area contributed by atoms with Crippen LogP contribution in [0.4, 0.5) is 0 Å². The predicted octanol–water partition coefficient (Wildman–Crippen LogP) is 2.28. The lowest BCUT2D eigenvalue weighted by molar-refractivity contribution is -0.153. The minimum atomic E-state index is -0.779. The highest BCUT2D eigenvalue weighted by Gasteiger charge is 2.43. The Balaban J connectivity index is 1.99. The van der Waals surface area contributed by atoms with E-state index in [9.17, 15) is 14.7 Å². The maximum atomic E-state index is 12.3. The molecule has 18 heavy (non-hydrogen) atoms. The van der Waals surface area contributed by atoms with E-state index < -0.39 is 11.4 Å². The van der Waals surface area contributed by atoms with E-state index in [1.807, 2.05) is 4.90 Å². The number of nitrogens with zero attached hydrogens (tertiary/aromatic N) is 1. The Hall–Kier alpha value is -1.06. The molecule has 1 saturated heterocycles. The van der Waals surface area contributed by atoms with Crippen LogP contribution in [0.15, 0.2) is 0 Å². The van der Waals surface area contributed by atoms with Gasteiger partial charge in [0.1, 0.15) is 0 Å². The molecule has 0 aromatic heterocycles. The van der Waals surface area contributed by atoms with Crippen molar-refractivity contribution in [3.63, 3.8) is 0 Å². The molecule has 1 N–H and O–H groups in total. The topological polar surface area (TPSA) is 57.6 Å². The molecule has 1 atom stereocenters. The molecule has 1 unspecified atom stereocenters. The summed E-state index contributed by atoms with van der Waals surface area (Å²) < 4.78 is 0. The molecule has 1 heterocycles. The highest BCUT2D eigenvalue weighted by Crippen LogP contribution is 2.42. The van der Waals surface area contributed by atoms with Gasteiger partial charge in [-0.3, -0.25) is 9.59 Å². The van der Waals surface area contributed by atoms with Crippen molar-refractivity contribution in [2.45, 2.75) is 51.9 Å². The van der Waals surface area contributed by atoms with Crippen molar-refractivity contribution in [3.8, 4) is 0 Å². The van der Waals surface area contributed by atoms with Gasteiger partial charge in [-0.15, -0.1) is 0 Å². The molecule has 1 saturated carbocycles. The van der Waals surface area contributed by atoms with Gasteiger partial charge < -0.3 is 10.0 Å². The zero-order valence-corrected chi connectivity index (χ0v) is 11.2. The summed E-state index contributed by atoms with van der Waals surface area (Å²) in [5, 5.41) is 9.39. The van der Waals surface area contributed by atoms with Gasteiger partial charge in [0.2, 0.25) is 5.91 Å². The number of piperidine rings is 1. The van der Waals surface area contributed by atoms with Gasteiger partial charge in [0.05, 0.1) is 5.41 Å². The van der Waals surface area contributed by atoms with Crippen molar-refractivity contribution < 1.29 is 14.7 Å². The molecule has 4 nitrogen and oxygen atoms in total. The van der Waals surface area contributed by atoms with Gasteiger partial charge in [0.15, 0.2) is 0 Å². The molecule has 1 amide bonds. The summed E-state index contributed by atoms with van der Waals surface area (Å²) in [6.45, 7) is 3.76. The van der Waals surface area contributed by atoms with Crippen LogP contribution >= 0.6 is 0 Å². The first-order valence-corrected chi connectivity index (χ1v) is 7.05. The number of rotatable bonds is 3. The summed E-state index contributed by atoms with van der Waals surface area (Å²) in [6.07, 6.45) is 5.64. The summed E-state index contributed by atoms with van der Waals surface area (Å²) >= 11 is 0. The Morgan fingerprint density at radius 2 is 1.94 bits per heavy atom. The van der Waals surface area contributed by atoms with Crippen molar-refractivity contribution in [1.29, 1.82) is 0 Å². The molecule has 2 fully saturated rings. The Morgan fingerprint density at radius 3 is 2.50 bits per heavy atom. The normalized spacial score (nSPS) is 27.2. The van der Waals surface area contributed by atoms with Gasteiger partial charge in [-0.1, -0.05) is 19.8 Å². The number of carboxylic acids is 1. The van der Waals surface area contributed by atoms with Gasteiger partial charge in [0.25, 0.3) is 0 Å². The number of hydrogen-bond acceptors (Lipinski definition) is 2. The summed E-state index contributed by atoms with van der Waals surface area (Å²) in [7, 11) is 0. The van der Waals surface area contributed by atoms with Crippen molar-refractivity contribution in [2.24, 2.45) is 11.3 Å². The van der Waals surface area contributed by atoms with Gasteiger partial charge in [-0.2, -0.15) is 0 Å². The van der Waals surface area contributed by atoms with E-state index >= 15 is 0 Å². The van der Waals surface area contributed by atoms with Crippen molar-refractivity contribution in [1.82, 2.24) is 4.90 Å².